The van der Waals surface area contributed by atoms with Gasteiger partial charge in [0, 0.05) is 21.8 Å². The van der Waals surface area contributed by atoms with Gasteiger partial charge >= 0.3 is 0 Å². The zero-order valence-electron chi connectivity index (χ0n) is 18.2. The Hall–Kier alpha value is -4.30. The van der Waals surface area contributed by atoms with Crippen LogP contribution in [0.25, 0.3) is 60.6 Å². The van der Waals surface area contributed by atoms with Crippen molar-refractivity contribution in [3.05, 3.63) is 115 Å². The number of para-hydroxylation sites is 1. The van der Waals surface area contributed by atoms with E-state index in [1.807, 2.05) is 12.1 Å². The van der Waals surface area contributed by atoms with Crippen LogP contribution in [0.15, 0.2) is 114 Å². The second kappa shape index (κ2) is 6.85. The lowest BCUT2D eigenvalue weighted by atomic mass is 10.0. The number of fused-ring (bicyclic) bond motifs is 7. The molecule has 0 saturated heterocycles. The number of hydrogen-bond acceptors (Lipinski definition) is 1. The van der Waals surface area contributed by atoms with E-state index in [0.717, 1.165) is 16.6 Å². The van der Waals surface area contributed by atoms with Crippen LogP contribution in [0.1, 0.15) is 5.56 Å². The molecule has 0 aliphatic carbocycles. The highest BCUT2D eigenvalue weighted by molar-refractivity contribution is 6.24. The highest BCUT2D eigenvalue weighted by Crippen LogP contribution is 2.41. The van der Waals surface area contributed by atoms with Gasteiger partial charge in [0.25, 0.3) is 0 Å². The van der Waals surface area contributed by atoms with Crippen LogP contribution < -0.4 is 0 Å². The standard InChI is InChI=1S/C31H21NO/c1-20-8-7-11-23(18-20)32-27-16-14-22(21-9-3-2-4-10-21)19-26(27)24-15-17-29-30(31(24)32)25-12-5-6-13-28(25)33-29/h2-19H,1H3. The Labute approximate surface area is 191 Å². The molecule has 0 amide bonds. The van der Waals surface area contributed by atoms with E-state index in [-0.39, 0.29) is 0 Å². The van der Waals surface area contributed by atoms with Crippen molar-refractivity contribution < 1.29 is 4.42 Å². The average molecular weight is 424 g/mol. The van der Waals surface area contributed by atoms with Gasteiger partial charge in [-0.3, -0.25) is 0 Å². The van der Waals surface area contributed by atoms with Crippen LogP contribution in [0.5, 0.6) is 0 Å². The van der Waals surface area contributed by atoms with Crippen molar-refractivity contribution in [1.82, 2.24) is 4.57 Å². The average Bonchev–Trinajstić information content (AvgIpc) is 3.39. The molecule has 0 radical (unpaired) electrons. The minimum atomic E-state index is 0.920. The summed E-state index contributed by atoms with van der Waals surface area (Å²) in [6, 6.07) is 38.8. The number of benzene rings is 5. The summed E-state index contributed by atoms with van der Waals surface area (Å²) in [4.78, 5) is 0. The van der Waals surface area contributed by atoms with E-state index in [1.54, 1.807) is 0 Å². The number of aryl methyl sites for hydroxylation is 1. The maximum atomic E-state index is 6.25. The van der Waals surface area contributed by atoms with Gasteiger partial charge in [-0.1, -0.05) is 66.7 Å². The Morgan fingerprint density at radius 2 is 1.42 bits per heavy atom. The normalized spacial score (nSPS) is 11.8. The van der Waals surface area contributed by atoms with Gasteiger partial charge in [-0.05, 0) is 66.1 Å². The molecular weight excluding hydrogens is 402 g/mol. The topological polar surface area (TPSA) is 18.1 Å². The molecule has 0 bridgehead atoms. The minimum Gasteiger partial charge on any atom is -0.456 e. The zero-order valence-corrected chi connectivity index (χ0v) is 18.2. The summed E-state index contributed by atoms with van der Waals surface area (Å²) < 4.78 is 8.65. The van der Waals surface area contributed by atoms with Crippen molar-refractivity contribution in [3.63, 3.8) is 0 Å². The van der Waals surface area contributed by atoms with Crippen LogP contribution in [0.2, 0.25) is 0 Å². The van der Waals surface area contributed by atoms with Gasteiger partial charge in [0.05, 0.1) is 16.4 Å². The van der Waals surface area contributed by atoms with Gasteiger partial charge in [0.1, 0.15) is 11.2 Å². The molecule has 0 spiro atoms. The first-order valence-corrected chi connectivity index (χ1v) is 11.3. The minimum absolute atomic E-state index is 0.920. The summed E-state index contributed by atoms with van der Waals surface area (Å²) in [6.45, 7) is 2.15. The SMILES string of the molecule is Cc1cccc(-n2c3ccc(-c4ccccc4)cc3c3ccc4oc5ccccc5c4c32)c1. The molecule has 2 heterocycles. The van der Waals surface area contributed by atoms with E-state index in [2.05, 4.69) is 109 Å². The summed E-state index contributed by atoms with van der Waals surface area (Å²) >= 11 is 0. The molecule has 33 heavy (non-hydrogen) atoms. The van der Waals surface area contributed by atoms with Crippen LogP contribution in [0.3, 0.4) is 0 Å². The molecule has 2 aromatic heterocycles. The molecule has 0 aliphatic rings. The molecule has 0 fully saturated rings. The monoisotopic (exact) mass is 423 g/mol. The molecule has 156 valence electrons. The van der Waals surface area contributed by atoms with E-state index in [1.165, 1.54) is 49.6 Å². The molecular formula is C31H21NO. The summed E-state index contributed by atoms with van der Waals surface area (Å²) in [7, 11) is 0. The third kappa shape index (κ3) is 2.68. The predicted octanol–water partition coefficient (Wildman–Crippen LogP) is 8.66. The second-order valence-corrected chi connectivity index (χ2v) is 8.71. The molecule has 0 aliphatic heterocycles. The Morgan fingerprint density at radius 3 is 2.30 bits per heavy atom. The van der Waals surface area contributed by atoms with Crippen LogP contribution in [-0.2, 0) is 0 Å². The van der Waals surface area contributed by atoms with Crippen molar-refractivity contribution in [2.24, 2.45) is 0 Å². The van der Waals surface area contributed by atoms with Gasteiger partial charge in [-0.25, -0.2) is 0 Å². The Bertz CT molecular complexity index is 1820. The maximum absolute atomic E-state index is 6.25. The molecule has 0 N–H and O–H groups in total. The predicted molar refractivity (Wildman–Crippen MR) is 138 cm³/mol. The van der Waals surface area contributed by atoms with Crippen molar-refractivity contribution >= 4 is 43.7 Å². The summed E-state index contributed by atoms with van der Waals surface area (Å²) in [6.07, 6.45) is 0. The highest BCUT2D eigenvalue weighted by Gasteiger charge is 2.19. The lowest BCUT2D eigenvalue weighted by Crippen LogP contribution is -1.94. The van der Waals surface area contributed by atoms with E-state index >= 15 is 0 Å². The van der Waals surface area contributed by atoms with Crippen molar-refractivity contribution in [1.29, 1.82) is 0 Å². The number of nitrogens with zero attached hydrogens (tertiary/aromatic N) is 1. The third-order valence-corrected chi connectivity index (χ3v) is 6.63. The number of furan rings is 1. The van der Waals surface area contributed by atoms with Crippen molar-refractivity contribution in [2.75, 3.05) is 0 Å². The van der Waals surface area contributed by atoms with E-state index < -0.39 is 0 Å². The highest BCUT2D eigenvalue weighted by atomic mass is 16.3. The quantitative estimate of drug-likeness (QED) is 0.272. The Balaban J connectivity index is 1.69. The number of hydrogen-bond donors (Lipinski definition) is 0. The van der Waals surface area contributed by atoms with Gasteiger partial charge in [-0.2, -0.15) is 0 Å². The van der Waals surface area contributed by atoms with E-state index in [0.29, 0.717) is 0 Å². The fraction of sp³-hybridized carbons (Fsp3) is 0.0323. The molecule has 7 rings (SSSR count). The molecule has 0 saturated carbocycles. The molecule has 2 nitrogen and oxygen atoms in total. The smallest absolute Gasteiger partial charge is 0.137 e. The van der Waals surface area contributed by atoms with Crippen LogP contribution >= 0.6 is 0 Å². The van der Waals surface area contributed by atoms with Crippen LogP contribution in [0, 0.1) is 6.92 Å². The molecule has 0 atom stereocenters. The maximum Gasteiger partial charge on any atom is 0.137 e. The Morgan fingerprint density at radius 1 is 0.576 bits per heavy atom. The van der Waals surface area contributed by atoms with Gasteiger partial charge < -0.3 is 8.98 Å². The largest absolute Gasteiger partial charge is 0.456 e. The molecule has 5 aromatic carbocycles. The van der Waals surface area contributed by atoms with Gasteiger partial charge in [0.2, 0.25) is 0 Å². The Kier molecular flexibility index (Phi) is 3.80. The van der Waals surface area contributed by atoms with Gasteiger partial charge in [-0.15, -0.1) is 0 Å². The van der Waals surface area contributed by atoms with E-state index in [9.17, 15) is 0 Å². The lowest BCUT2D eigenvalue weighted by molar-refractivity contribution is 0.669. The van der Waals surface area contributed by atoms with E-state index in [4.69, 9.17) is 4.42 Å². The fourth-order valence-electron chi connectivity index (χ4n) is 5.16. The fourth-order valence-corrected chi connectivity index (χ4v) is 5.16. The molecule has 0 unspecified atom stereocenters. The van der Waals surface area contributed by atoms with Crippen molar-refractivity contribution in [3.8, 4) is 16.8 Å². The second-order valence-electron chi connectivity index (χ2n) is 8.71. The summed E-state index contributed by atoms with van der Waals surface area (Å²) in [5, 5.41) is 4.81. The first-order valence-electron chi connectivity index (χ1n) is 11.3. The summed E-state index contributed by atoms with van der Waals surface area (Å²) in [5.41, 5.74) is 9.10. The number of aromatic nitrogens is 1. The zero-order chi connectivity index (χ0) is 21.9. The molecule has 7 aromatic rings. The number of rotatable bonds is 2. The lowest BCUT2D eigenvalue weighted by Gasteiger charge is -2.10. The van der Waals surface area contributed by atoms with Crippen LogP contribution in [0.4, 0.5) is 0 Å². The van der Waals surface area contributed by atoms with Crippen molar-refractivity contribution in [2.45, 2.75) is 6.92 Å². The van der Waals surface area contributed by atoms with Gasteiger partial charge in [0.15, 0.2) is 0 Å². The van der Waals surface area contributed by atoms with Crippen LogP contribution in [-0.4, -0.2) is 4.57 Å². The molecule has 2 heteroatoms. The third-order valence-electron chi connectivity index (χ3n) is 6.63. The first-order chi connectivity index (χ1) is 16.3. The first kappa shape index (κ1) is 18.3. The summed E-state index contributed by atoms with van der Waals surface area (Å²) in [5.74, 6) is 0.